The molecule has 0 aromatic carbocycles. The SMILES string of the molecule is Cc1c(Cl)nc(C(C)(C)C)nc1NC1CCCCC1(C)C. The average Bonchev–Trinajstić information content (AvgIpc) is 2.35. The van der Waals surface area contributed by atoms with E-state index in [-0.39, 0.29) is 5.41 Å². The molecular formula is C17H28ClN3. The number of nitrogens with one attached hydrogen (secondary N) is 1. The first-order valence-electron chi connectivity index (χ1n) is 7.92. The van der Waals surface area contributed by atoms with Gasteiger partial charge in [0.05, 0.1) is 0 Å². The van der Waals surface area contributed by atoms with E-state index in [2.05, 4.69) is 44.9 Å². The van der Waals surface area contributed by atoms with E-state index in [1.54, 1.807) is 0 Å². The Hall–Kier alpha value is -0.830. The minimum Gasteiger partial charge on any atom is -0.366 e. The number of hydrogen-bond donors (Lipinski definition) is 1. The average molecular weight is 310 g/mol. The second-order valence-corrected chi connectivity index (χ2v) is 8.35. The maximum absolute atomic E-state index is 6.32. The lowest BCUT2D eigenvalue weighted by Gasteiger charge is -2.39. The van der Waals surface area contributed by atoms with Crippen LogP contribution in [0.1, 0.15) is 71.7 Å². The summed E-state index contributed by atoms with van der Waals surface area (Å²) in [5, 5.41) is 4.22. The molecule has 1 aromatic heterocycles. The number of nitrogens with zero attached hydrogens (tertiary/aromatic N) is 2. The second kappa shape index (κ2) is 5.75. The van der Waals surface area contributed by atoms with Crippen molar-refractivity contribution in [3.05, 3.63) is 16.5 Å². The topological polar surface area (TPSA) is 37.8 Å². The van der Waals surface area contributed by atoms with Crippen molar-refractivity contribution in [2.75, 3.05) is 5.32 Å². The second-order valence-electron chi connectivity index (χ2n) is 7.99. The van der Waals surface area contributed by atoms with Crippen LogP contribution in [0.15, 0.2) is 0 Å². The van der Waals surface area contributed by atoms with Crippen molar-refractivity contribution in [2.45, 2.75) is 78.7 Å². The zero-order chi connectivity index (χ0) is 15.8. The molecule has 1 heterocycles. The molecular weight excluding hydrogens is 282 g/mol. The number of rotatable bonds is 2. The van der Waals surface area contributed by atoms with Crippen LogP contribution >= 0.6 is 11.6 Å². The number of hydrogen-bond acceptors (Lipinski definition) is 3. The third-order valence-electron chi connectivity index (χ3n) is 4.58. The van der Waals surface area contributed by atoms with Gasteiger partial charge in [0.15, 0.2) is 0 Å². The number of halogens is 1. The van der Waals surface area contributed by atoms with Gasteiger partial charge in [-0.05, 0) is 25.2 Å². The number of aromatic nitrogens is 2. The molecule has 1 N–H and O–H groups in total. The third kappa shape index (κ3) is 3.68. The molecule has 4 heteroatoms. The van der Waals surface area contributed by atoms with Crippen molar-refractivity contribution in [3.8, 4) is 0 Å². The van der Waals surface area contributed by atoms with Crippen LogP contribution in [0, 0.1) is 12.3 Å². The summed E-state index contributed by atoms with van der Waals surface area (Å²) in [5.41, 5.74) is 1.14. The van der Waals surface area contributed by atoms with Gasteiger partial charge < -0.3 is 5.32 Å². The molecule has 1 aliphatic carbocycles. The van der Waals surface area contributed by atoms with Crippen LogP contribution in [-0.2, 0) is 5.41 Å². The largest absolute Gasteiger partial charge is 0.366 e. The summed E-state index contributed by atoms with van der Waals surface area (Å²) >= 11 is 6.32. The van der Waals surface area contributed by atoms with Crippen molar-refractivity contribution < 1.29 is 0 Å². The predicted molar refractivity (Wildman–Crippen MR) is 90.1 cm³/mol. The normalized spacial score (nSPS) is 22.1. The Morgan fingerprint density at radius 2 is 1.86 bits per heavy atom. The molecule has 2 rings (SSSR count). The molecule has 0 aliphatic heterocycles. The van der Waals surface area contributed by atoms with Gasteiger partial charge in [0, 0.05) is 17.0 Å². The van der Waals surface area contributed by atoms with Gasteiger partial charge in [0.25, 0.3) is 0 Å². The van der Waals surface area contributed by atoms with Gasteiger partial charge in [0.2, 0.25) is 0 Å². The molecule has 1 atom stereocenters. The van der Waals surface area contributed by atoms with Gasteiger partial charge in [-0.25, -0.2) is 9.97 Å². The van der Waals surface area contributed by atoms with E-state index in [1.807, 2.05) is 6.92 Å². The molecule has 0 amide bonds. The fourth-order valence-corrected chi connectivity index (χ4v) is 3.06. The summed E-state index contributed by atoms with van der Waals surface area (Å²) in [6.45, 7) is 13.0. The maximum atomic E-state index is 6.32. The van der Waals surface area contributed by atoms with E-state index in [0.717, 1.165) is 17.2 Å². The van der Waals surface area contributed by atoms with Gasteiger partial charge >= 0.3 is 0 Å². The van der Waals surface area contributed by atoms with Crippen molar-refractivity contribution >= 4 is 17.4 Å². The summed E-state index contributed by atoms with van der Waals surface area (Å²) < 4.78 is 0. The minimum absolute atomic E-state index is 0.101. The summed E-state index contributed by atoms with van der Waals surface area (Å²) in [5.74, 6) is 1.70. The van der Waals surface area contributed by atoms with E-state index in [4.69, 9.17) is 16.6 Å². The van der Waals surface area contributed by atoms with Crippen LogP contribution in [0.3, 0.4) is 0 Å². The van der Waals surface area contributed by atoms with Crippen LogP contribution in [0.4, 0.5) is 5.82 Å². The molecule has 1 aromatic rings. The van der Waals surface area contributed by atoms with Crippen LogP contribution in [0.5, 0.6) is 0 Å². The first kappa shape index (κ1) is 16.5. The summed E-state index contributed by atoms with van der Waals surface area (Å²) in [6, 6.07) is 0.448. The Kier molecular flexibility index (Phi) is 4.53. The molecule has 0 radical (unpaired) electrons. The smallest absolute Gasteiger partial charge is 0.137 e. The fraction of sp³-hybridized carbons (Fsp3) is 0.765. The zero-order valence-electron chi connectivity index (χ0n) is 14.2. The Labute approximate surface area is 133 Å². The van der Waals surface area contributed by atoms with Crippen LogP contribution in [0.2, 0.25) is 5.15 Å². The van der Waals surface area contributed by atoms with Crippen molar-refractivity contribution in [3.63, 3.8) is 0 Å². The maximum Gasteiger partial charge on any atom is 0.137 e. The Balaban J connectivity index is 2.33. The standard InChI is InChI=1S/C17H28ClN3/c1-11-13(18)20-15(16(2,3)4)21-14(11)19-12-9-7-8-10-17(12,5)6/h12H,7-10H2,1-6H3,(H,19,20,21). The van der Waals surface area contributed by atoms with Crippen molar-refractivity contribution in [2.24, 2.45) is 5.41 Å². The van der Waals surface area contributed by atoms with Gasteiger partial charge in [-0.3, -0.25) is 0 Å². The van der Waals surface area contributed by atoms with E-state index in [0.29, 0.717) is 16.6 Å². The molecule has 0 bridgehead atoms. The summed E-state index contributed by atoms with van der Waals surface area (Å²) in [4.78, 5) is 9.21. The lowest BCUT2D eigenvalue weighted by Crippen LogP contribution is -2.39. The van der Waals surface area contributed by atoms with E-state index < -0.39 is 0 Å². The van der Waals surface area contributed by atoms with E-state index in [1.165, 1.54) is 25.7 Å². The van der Waals surface area contributed by atoms with Gasteiger partial charge in [-0.2, -0.15) is 0 Å². The highest BCUT2D eigenvalue weighted by atomic mass is 35.5. The van der Waals surface area contributed by atoms with Crippen molar-refractivity contribution in [1.82, 2.24) is 9.97 Å². The third-order valence-corrected chi connectivity index (χ3v) is 4.94. The molecule has 0 saturated heterocycles. The van der Waals surface area contributed by atoms with E-state index >= 15 is 0 Å². The Morgan fingerprint density at radius 3 is 2.43 bits per heavy atom. The lowest BCUT2D eigenvalue weighted by atomic mass is 9.73. The van der Waals surface area contributed by atoms with Crippen LogP contribution in [-0.4, -0.2) is 16.0 Å². The quantitative estimate of drug-likeness (QED) is 0.771. The van der Waals surface area contributed by atoms with Crippen molar-refractivity contribution in [1.29, 1.82) is 0 Å². The molecule has 1 aliphatic rings. The molecule has 1 fully saturated rings. The van der Waals surface area contributed by atoms with Gasteiger partial charge in [0.1, 0.15) is 16.8 Å². The highest BCUT2D eigenvalue weighted by Gasteiger charge is 2.33. The van der Waals surface area contributed by atoms with Gasteiger partial charge in [-0.15, -0.1) is 0 Å². The molecule has 0 spiro atoms. The van der Waals surface area contributed by atoms with Crippen LogP contribution < -0.4 is 5.32 Å². The summed E-state index contributed by atoms with van der Waals surface area (Å²) in [6.07, 6.45) is 5.06. The monoisotopic (exact) mass is 309 g/mol. The minimum atomic E-state index is -0.101. The zero-order valence-corrected chi connectivity index (χ0v) is 14.9. The molecule has 21 heavy (non-hydrogen) atoms. The van der Waals surface area contributed by atoms with Crippen LogP contribution in [0.25, 0.3) is 0 Å². The number of anilines is 1. The lowest BCUT2D eigenvalue weighted by molar-refractivity contribution is 0.216. The molecule has 1 saturated carbocycles. The first-order valence-corrected chi connectivity index (χ1v) is 8.30. The van der Waals surface area contributed by atoms with Gasteiger partial charge in [-0.1, -0.05) is 59.1 Å². The molecule has 118 valence electrons. The predicted octanol–water partition coefficient (Wildman–Crippen LogP) is 5.12. The molecule has 3 nitrogen and oxygen atoms in total. The Bertz CT molecular complexity index is 518. The highest BCUT2D eigenvalue weighted by molar-refractivity contribution is 6.30. The highest BCUT2D eigenvalue weighted by Crippen LogP contribution is 2.38. The van der Waals surface area contributed by atoms with E-state index in [9.17, 15) is 0 Å². The summed E-state index contributed by atoms with van der Waals surface area (Å²) in [7, 11) is 0. The Morgan fingerprint density at radius 1 is 1.19 bits per heavy atom. The molecule has 1 unspecified atom stereocenters. The fourth-order valence-electron chi connectivity index (χ4n) is 2.89. The first-order chi connectivity index (χ1) is 9.61.